The third-order valence-corrected chi connectivity index (χ3v) is 4.94. The summed E-state index contributed by atoms with van der Waals surface area (Å²) in [6, 6.07) is 9.89. The Kier molecular flexibility index (Phi) is 6.53. The lowest BCUT2D eigenvalue weighted by molar-refractivity contribution is -0.136. The van der Waals surface area contributed by atoms with Gasteiger partial charge in [0.25, 0.3) is 0 Å². The van der Waals surface area contributed by atoms with E-state index in [1.54, 1.807) is 12.3 Å². The molecule has 1 aliphatic rings. The summed E-state index contributed by atoms with van der Waals surface area (Å²) in [6.45, 7) is 4.02. The van der Waals surface area contributed by atoms with Crippen molar-refractivity contribution in [3.05, 3.63) is 65.7 Å². The SMILES string of the molecule is CN(C)[C@@H](C(=O)N1CCCN(Cc2cccnc2)CC1)c1cccc(F)c1. The molecule has 0 radical (unpaired) electrons. The second-order valence-corrected chi connectivity index (χ2v) is 7.24. The minimum Gasteiger partial charge on any atom is -0.340 e. The van der Waals surface area contributed by atoms with Gasteiger partial charge in [-0.1, -0.05) is 18.2 Å². The second kappa shape index (κ2) is 9.06. The number of pyridine rings is 1. The van der Waals surface area contributed by atoms with E-state index in [-0.39, 0.29) is 11.7 Å². The molecule has 2 aromatic rings. The van der Waals surface area contributed by atoms with Gasteiger partial charge in [0.05, 0.1) is 0 Å². The molecule has 0 aliphatic carbocycles. The molecule has 0 spiro atoms. The van der Waals surface area contributed by atoms with E-state index in [2.05, 4.69) is 16.0 Å². The number of halogens is 1. The summed E-state index contributed by atoms with van der Waals surface area (Å²) in [5.74, 6) is -0.278. The Hall–Kier alpha value is -2.31. The van der Waals surface area contributed by atoms with Crippen LogP contribution in [0.2, 0.25) is 0 Å². The first kappa shape index (κ1) is 19.5. The highest BCUT2D eigenvalue weighted by atomic mass is 19.1. The number of amides is 1. The molecule has 0 unspecified atom stereocenters. The van der Waals surface area contributed by atoms with Gasteiger partial charge in [0, 0.05) is 45.1 Å². The van der Waals surface area contributed by atoms with Gasteiger partial charge in [-0.3, -0.25) is 19.6 Å². The van der Waals surface area contributed by atoms with E-state index in [4.69, 9.17) is 0 Å². The van der Waals surface area contributed by atoms with Crippen LogP contribution in [0.3, 0.4) is 0 Å². The molecule has 27 heavy (non-hydrogen) atoms. The third-order valence-electron chi connectivity index (χ3n) is 4.94. The minimum atomic E-state index is -0.467. The monoisotopic (exact) mass is 370 g/mol. The van der Waals surface area contributed by atoms with E-state index in [9.17, 15) is 9.18 Å². The first-order chi connectivity index (χ1) is 13.0. The van der Waals surface area contributed by atoms with Crippen molar-refractivity contribution in [1.29, 1.82) is 0 Å². The molecule has 6 heteroatoms. The van der Waals surface area contributed by atoms with Crippen molar-refractivity contribution in [2.75, 3.05) is 40.3 Å². The van der Waals surface area contributed by atoms with Crippen LogP contribution in [0.25, 0.3) is 0 Å². The molecule has 1 atom stereocenters. The van der Waals surface area contributed by atoms with Gasteiger partial charge in [0.15, 0.2) is 0 Å². The van der Waals surface area contributed by atoms with Gasteiger partial charge in [-0.2, -0.15) is 0 Å². The van der Waals surface area contributed by atoms with Gasteiger partial charge in [-0.25, -0.2) is 4.39 Å². The van der Waals surface area contributed by atoms with E-state index < -0.39 is 6.04 Å². The fourth-order valence-corrected chi connectivity index (χ4v) is 3.61. The second-order valence-electron chi connectivity index (χ2n) is 7.24. The number of hydrogen-bond acceptors (Lipinski definition) is 4. The maximum Gasteiger partial charge on any atom is 0.244 e. The predicted octanol–water partition coefficient (Wildman–Crippen LogP) is 2.56. The van der Waals surface area contributed by atoms with Crippen LogP contribution in [0.5, 0.6) is 0 Å². The lowest BCUT2D eigenvalue weighted by Gasteiger charge is -2.30. The summed E-state index contributed by atoms with van der Waals surface area (Å²) < 4.78 is 13.7. The molecule has 3 rings (SSSR count). The highest BCUT2D eigenvalue weighted by Crippen LogP contribution is 2.23. The number of aromatic nitrogens is 1. The molecular formula is C21H27FN4O. The minimum absolute atomic E-state index is 0.0360. The van der Waals surface area contributed by atoms with Gasteiger partial charge in [0.1, 0.15) is 11.9 Å². The fraction of sp³-hybridized carbons (Fsp3) is 0.429. The molecule has 5 nitrogen and oxygen atoms in total. The first-order valence-electron chi connectivity index (χ1n) is 9.36. The number of hydrogen-bond donors (Lipinski definition) is 0. The molecule has 0 saturated carbocycles. The average Bonchev–Trinajstić information content (AvgIpc) is 2.88. The molecule has 0 N–H and O–H groups in total. The van der Waals surface area contributed by atoms with Gasteiger partial charge in [0.2, 0.25) is 5.91 Å². The van der Waals surface area contributed by atoms with Crippen LogP contribution in [0.4, 0.5) is 4.39 Å². The van der Waals surface area contributed by atoms with E-state index in [0.29, 0.717) is 12.1 Å². The number of rotatable bonds is 5. The van der Waals surface area contributed by atoms with Crippen LogP contribution in [0.1, 0.15) is 23.6 Å². The third kappa shape index (κ3) is 5.11. The molecule has 0 bridgehead atoms. The van der Waals surface area contributed by atoms with Gasteiger partial charge in [-0.15, -0.1) is 0 Å². The van der Waals surface area contributed by atoms with Crippen LogP contribution < -0.4 is 0 Å². The lowest BCUT2D eigenvalue weighted by Crippen LogP contribution is -2.42. The summed E-state index contributed by atoms with van der Waals surface area (Å²) >= 11 is 0. The van der Waals surface area contributed by atoms with Crippen molar-refractivity contribution < 1.29 is 9.18 Å². The molecule has 2 heterocycles. The molecular weight excluding hydrogens is 343 g/mol. The molecule has 1 saturated heterocycles. The molecule has 1 amide bonds. The van der Waals surface area contributed by atoms with Crippen molar-refractivity contribution in [3.63, 3.8) is 0 Å². The smallest absolute Gasteiger partial charge is 0.244 e. The van der Waals surface area contributed by atoms with Crippen molar-refractivity contribution in [1.82, 2.24) is 19.7 Å². The Balaban J connectivity index is 1.67. The van der Waals surface area contributed by atoms with Crippen molar-refractivity contribution in [2.24, 2.45) is 0 Å². The van der Waals surface area contributed by atoms with Crippen molar-refractivity contribution >= 4 is 5.91 Å². The van der Waals surface area contributed by atoms with Crippen LogP contribution in [0, 0.1) is 5.82 Å². The van der Waals surface area contributed by atoms with Gasteiger partial charge >= 0.3 is 0 Å². The lowest BCUT2D eigenvalue weighted by atomic mass is 10.0. The zero-order valence-corrected chi connectivity index (χ0v) is 16.0. The normalized spacial score (nSPS) is 17.0. The van der Waals surface area contributed by atoms with Crippen molar-refractivity contribution in [3.8, 4) is 0 Å². The molecule has 1 aliphatic heterocycles. The first-order valence-corrected chi connectivity index (χ1v) is 9.36. The maximum absolute atomic E-state index is 13.7. The Morgan fingerprint density at radius 1 is 1.19 bits per heavy atom. The summed E-state index contributed by atoms with van der Waals surface area (Å²) in [6.07, 6.45) is 4.59. The van der Waals surface area contributed by atoms with Gasteiger partial charge < -0.3 is 4.90 Å². The maximum atomic E-state index is 13.7. The van der Waals surface area contributed by atoms with E-state index in [0.717, 1.165) is 32.6 Å². The molecule has 1 aromatic heterocycles. The Morgan fingerprint density at radius 2 is 2.04 bits per heavy atom. The molecule has 144 valence electrons. The molecule has 1 fully saturated rings. The summed E-state index contributed by atoms with van der Waals surface area (Å²) in [7, 11) is 3.72. The standard InChI is InChI=1S/C21H27FN4O/c1-24(2)20(18-7-3-8-19(22)14-18)21(27)26-11-5-10-25(12-13-26)16-17-6-4-9-23-15-17/h3-4,6-9,14-15,20H,5,10-13,16H2,1-2H3/t20-/m1/s1. The number of likely N-dealkylation sites (N-methyl/N-ethyl adjacent to an activating group) is 1. The van der Waals surface area contributed by atoms with Crippen LogP contribution >= 0.6 is 0 Å². The topological polar surface area (TPSA) is 39.7 Å². The number of benzene rings is 1. The predicted molar refractivity (Wildman–Crippen MR) is 104 cm³/mol. The number of carbonyl (C=O) groups is 1. The van der Waals surface area contributed by atoms with E-state index >= 15 is 0 Å². The summed E-state index contributed by atoms with van der Waals surface area (Å²) in [4.78, 5) is 23.5. The fourth-order valence-electron chi connectivity index (χ4n) is 3.61. The van der Waals surface area contributed by atoms with Crippen LogP contribution in [-0.4, -0.2) is 65.9 Å². The highest BCUT2D eigenvalue weighted by Gasteiger charge is 2.29. The van der Waals surface area contributed by atoms with Crippen molar-refractivity contribution in [2.45, 2.75) is 19.0 Å². The van der Waals surface area contributed by atoms with E-state index in [1.165, 1.54) is 17.7 Å². The van der Waals surface area contributed by atoms with Crippen LogP contribution in [-0.2, 0) is 11.3 Å². The summed E-state index contributed by atoms with van der Waals surface area (Å²) in [5, 5.41) is 0. The zero-order chi connectivity index (χ0) is 19.2. The van der Waals surface area contributed by atoms with E-state index in [1.807, 2.05) is 42.2 Å². The molecule has 1 aromatic carbocycles. The Morgan fingerprint density at radius 3 is 2.74 bits per heavy atom. The van der Waals surface area contributed by atoms with Gasteiger partial charge in [-0.05, 0) is 49.8 Å². The number of carbonyl (C=O) groups excluding carboxylic acids is 1. The Bertz CT molecular complexity index is 753. The quantitative estimate of drug-likeness (QED) is 0.811. The largest absolute Gasteiger partial charge is 0.340 e. The average molecular weight is 370 g/mol. The van der Waals surface area contributed by atoms with Crippen LogP contribution in [0.15, 0.2) is 48.8 Å². The zero-order valence-electron chi connectivity index (χ0n) is 16.0. The number of nitrogens with zero attached hydrogens (tertiary/aromatic N) is 4. The summed E-state index contributed by atoms with van der Waals surface area (Å²) in [5.41, 5.74) is 1.88. The highest BCUT2D eigenvalue weighted by molar-refractivity contribution is 5.83. The Labute approximate surface area is 160 Å².